The van der Waals surface area contributed by atoms with Crippen LogP contribution < -0.4 is 10.4 Å². The largest absolute Gasteiger partial charge is 0.0842 e. The quantitative estimate of drug-likeness (QED) is 0.723. The molecule has 0 bridgehead atoms. The molecule has 4 aliphatic rings. The van der Waals surface area contributed by atoms with Crippen LogP contribution in [0.25, 0.3) is 11.6 Å². The lowest BCUT2D eigenvalue weighted by molar-refractivity contribution is 0.654. The van der Waals surface area contributed by atoms with Crippen LogP contribution in [0, 0.1) is 11.8 Å². The van der Waals surface area contributed by atoms with Gasteiger partial charge >= 0.3 is 0 Å². The average molecular weight is 310 g/mol. The third-order valence-electron chi connectivity index (χ3n) is 5.80. The highest BCUT2D eigenvalue weighted by molar-refractivity contribution is 5.74. The molecule has 0 aromatic heterocycles. The van der Waals surface area contributed by atoms with E-state index in [0.717, 1.165) is 6.42 Å². The van der Waals surface area contributed by atoms with Crippen LogP contribution in [0.4, 0.5) is 0 Å². The Balaban J connectivity index is 1.77. The van der Waals surface area contributed by atoms with Gasteiger partial charge in [0.2, 0.25) is 0 Å². The molecule has 0 N–H and O–H groups in total. The van der Waals surface area contributed by atoms with E-state index in [1.54, 1.807) is 16.7 Å². The van der Waals surface area contributed by atoms with Crippen LogP contribution in [0.3, 0.4) is 0 Å². The number of allylic oxidation sites excluding steroid dienone is 10. The van der Waals surface area contributed by atoms with Gasteiger partial charge in [-0.15, -0.1) is 0 Å². The van der Waals surface area contributed by atoms with Gasteiger partial charge in [-0.3, -0.25) is 0 Å². The van der Waals surface area contributed by atoms with Crippen LogP contribution in [0.5, 0.6) is 0 Å². The molecule has 24 heavy (non-hydrogen) atoms. The van der Waals surface area contributed by atoms with Crippen molar-refractivity contribution in [1.29, 1.82) is 0 Å². The Morgan fingerprint density at radius 3 is 2.71 bits per heavy atom. The summed E-state index contributed by atoms with van der Waals surface area (Å²) in [5.74, 6) is 0.984. The Morgan fingerprint density at radius 2 is 1.79 bits per heavy atom. The number of rotatable bonds is 1. The molecule has 0 saturated heterocycles. The maximum absolute atomic E-state index is 2.51. The molecule has 0 saturated carbocycles. The van der Waals surface area contributed by atoms with Crippen LogP contribution >= 0.6 is 0 Å². The molecule has 0 amide bonds. The molecular formula is C24H22. The van der Waals surface area contributed by atoms with Gasteiger partial charge in [-0.25, -0.2) is 0 Å². The molecule has 1 aromatic carbocycles. The lowest BCUT2D eigenvalue weighted by Crippen LogP contribution is -2.38. The SMILES string of the molecule is C1=CCCC(C2=c3ccccc3=CC3C4=C(C=CC23)CCC=C4)=C1. The zero-order chi connectivity index (χ0) is 15.9. The second kappa shape index (κ2) is 5.63. The first-order chi connectivity index (χ1) is 11.9. The molecule has 2 atom stereocenters. The molecule has 0 aliphatic heterocycles. The second-order valence-electron chi connectivity index (χ2n) is 7.16. The van der Waals surface area contributed by atoms with Crippen LogP contribution in [-0.4, -0.2) is 0 Å². The van der Waals surface area contributed by atoms with Crippen molar-refractivity contribution in [1.82, 2.24) is 0 Å². The second-order valence-corrected chi connectivity index (χ2v) is 7.16. The summed E-state index contributed by atoms with van der Waals surface area (Å²) >= 11 is 0. The summed E-state index contributed by atoms with van der Waals surface area (Å²) in [5.41, 5.74) is 6.18. The molecule has 0 radical (unpaired) electrons. The van der Waals surface area contributed by atoms with Gasteiger partial charge in [0.1, 0.15) is 0 Å². The van der Waals surface area contributed by atoms with Crippen molar-refractivity contribution in [3.63, 3.8) is 0 Å². The third kappa shape index (κ3) is 2.13. The molecule has 1 aromatic rings. The van der Waals surface area contributed by atoms with E-state index in [0.29, 0.717) is 11.8 Å². The molecular weight excluding hydrogens is 288 g/mol. The van der Waals surface area contributed by atoms with E-state index in [1.807, 2.05) is 0 Å². The minimum Gasteiger partial charge on any atom is -0.0842 e. The summed E-state index contributed by atoms with van der Waals surface area (Å²) in [6, 6.07) is 8.96. The lowest BCUT2D eigenvalue weighted by atomic mass is 9.68. The molecule has 4 aliphatic carbocycles. The Labute approximate surface area is 143 Å². The van der Waals surface area contributed by atoms with Crippen LogP contribution in [0.2, 0.25) is 0 Å². The monoisotopic (exact) mass is 310 g/mol. The summed E-state index contributed by atoms with van der Waals surface area (Å²) < 4.78 is 0. The first-order valence-electron chi connectivity index (χ1n) is 9.17. The lowest BCUT2D eigenvalue weighted by Gasteiger charge is -2.35. The van der Waals surface area contributed by atoms with Crippen molar-refractivity contribution in [3.05, 3.63) is 94.0 Å². The predicted molar refractivity (Wildman–Crippen MR) is 102 cm³/mol. The highest BCUT2D eigenvalue weighted by Crippen LogP contribution is 2.43. The van der Waals surface area contributed by atoms with E-state index in [9.17, 15) is 0 Å². The molecule has 2 unspecified atom stereocenters. The predicted octanol–water partition coefficient (Wildman–Crippen LogP) is 4.36. The van der Waals surface area contributed by atoms with Crippen molar-refractivity contribution in [3.8, 4) is 0 Å². The van der Waals surface area contributed by atoms with E-state index in [-0.39, 0.29) is 0 Å². The fraction of sp³-hybridized carbons (Fsp3) is 0.250. The first-order valence-corrected chi connectivity index (χ1v) is 9.17. The van der Waals surface area contributed by atoms with Gasteiger partial charge in [-0.1, -0.05) is 72.9 Å². The summed E-state index contributed by atoms with van der Waals surface area (Å²) in [5, 5.41) is 2.85. The summed E-state index contributed by atoms with van der Waals surface area (Å²) in [6.45, 7) is 0. The normalized spacial score (nSPS) is 27.2. The van der Waals surface area contributed by atoms with Crippen molar-refractivity contribution in [2.45, 2.75) is 25.7 Å². The third-order valence-corrected chi connectivity index (χ3v) is 5.80. The van der Waals surface area contributed by atoms with Gasteiger partial charge in [-0.2, -0.15) is 0 Å². The van der Waals surface area contributed by atoms with Gasteiger partial charge in [0.05, 0.1) is 0 Å². The molecule has 118 valence electrons. The Hall–Kier alpha value is -2.34. The summed E-state index contributed by atoms with van der Waals surface area (Å²) in [7, 11) is 0. The van der Waals surface area contributed by atoms with Gasteiger partial charge in [0, 0.05) is 11.8 Å². The highest BCUT2D eigenvalue weighted by atomic mass is 14.4. The van der Waals surface area contributed by atoms with Crippen LogP contribution in [0.15, 0.2) is 83.5 Å². The fourth-order valence-corrected chi connectivity index (χ4v) is 4.68. The average Bonchev–Trinajstić information content (AvgIpc) is 2.67. The van der Waals surface area contributed by atoms with Gasteiger partial charge in [-0.05, 0) is 58.4 Å². The van der Waals surface area contributed by atoms with E-state index in [2.05, 4.69) is 72.9 Å². The van der Waals surface area contributed by atoms with Crippen molar-refractivity contribution in [2.24, 2.45) is 11.8 Å². The standard InChI is InChI=1S/C24H22/c1-2-9-18(10-3-1)24-21-13-7-5-11-19(21)16-23-20-12-6-4-8-17(20)14-15-22(23)24/h1-2,5-7,9,11-16,22-23H,3-4,8,10H2. The van der Waals surface area contributed by atoms with Gasteiger partial charge < -0.3 is 0 Å². The number of hydrogen-bond donors (Lipinski definition) is 0. The molecule has 0 heteroatoms. The van der Waals surface area contributed by atoms with Crippen molar-refractivity contribution >= 4 is 11.6 Å². The highest BCUT2D eigenvalue weighted by Gasteiger charge is 2.32. The van der Waals surface area contributed by atoms with Crippen LogP contribution in [0.1, 0.15) is 25.7 Å². The maximum atomic E-state index is 2.51. The zero-order valence-electron chi connectivity index (χ0n) is 13.9. The Kier molecular flexibility index (Phi) is 3.29. The molecule has 0 spiro atoms. The van der Waals surface area contributed by atoms with E-state index < -0.39 is 0 Å². The molecule has 5 rings (SSSR count). The topological polar surface area (TPSA) is 0 Å². The first kappa shape index (κ1) is 14.0. The minimum absolute atomic E-state index is 0.485. The van der Waals surface area contributed by atoms with E-state index in [1.165, 1.54) is 35.3 Å². The minimum atomic E-state index is 0.485. The van der Waals surface area contributed by atoms with E-state index >= 15 is 0 Å². The van der Waals surface area contributed by atoms with Crippen LogP contribution in [-0.2, 0) is 0 Å². The smallest absolute Gasteiger partial charge is 0.0134 e. The molecule has 0 nitrogen and oxygen atoms in total. The van der Waals surface area contributed by atoms with Crippen molar-refractivity contribution in [2.75, 3.05) is 0 Å². The Morgan fingerprint density at radius 1 is 0.875 bits per heavy atom. The van der Waals surface area contributed by atoms with Crippen molar-refractivity contribution < 1.29 is 0 Å². The zero-order valence-corrected chi connectivity index (χ0v) is 13.9. The maximum Gasteiger partial charge on any atom is 0.0134 e. The summed E-state index contributed by atoms with van der Waals surface area (Å²) in [4.78, 5) is 0. The van der Waals surface area contributed by atoms with Gasteiger partial charge in [0.25, 0.3) is 0 Å². The summed E-state index contributed by atoms with van der Waals surface area (Å²) in [6.07, 6.45) is 23.7. The molecule has 0 fully saturated rings. The fourth-order valence-electron chi connectivity index (χ4n) is 4.68. The number of benzene rings is 1. The van der Waals surface area contributed by atoms with Gasteiger partial charge in [0.15, 0.2) is 0 Å². The number of hydrogen-bond acceptors (Lipinski definition) is 0. The number of fused-ring (bicyclic) bond motifs is 3. The molecule has 0 heterocycles. The Bertz CT molecular complexity index is 960. The van der Waals surface area contributed by atoms with E-state index in [4.69, 9.17) is 0 Å².